The van der Waals surface area contributed by atoms with E-state index in [2.05, 4.69) is 41.3 Å². The van der Waals surface area contributed by atoms with E-state index in [1.807, 2.05) is 6.20 Å². The molecular weight excluding hydrogens is 433 g/mol. The summed E-state index contributed by atoms with van der Waals surface area (Å²) < 4.78 is 0. The van der Waals surface area contributed by atoms with Gasteiger partial charge in [0.05, 0.1) is 11.6 Å². The van der Waals surface area contributed by atoms with Gasteiger partial charge in [-0.3, -0.25) is 9.89 Å². The smallest absolute Gasteiger partial charge is 0.191 e. The van der Waals surface area contributed by atoms with Crippen LogP contribution in [0.3, 0.4) is 0 Å². The summed E-state index contributed by atoms with van der Waals surface area (Å²) in [5.41, 5.74) is 0. The van der Waals surface area contributed by atoms with Gasteiger partial charge in [-0.15, -0.1) is 35.3 Å². The minimum atomic E-state index is 0. The Morgan fingerprint density at radius 3 is 2.67 bits per heavy atom. The molecule has 2 rings (SSSR count). The van der Waals surface area contributed by atoms with Crippen molar-refractivity contribution in [3.8, 4) is 0 Å². The Hall–Kier alpha value is -0.410. The van der Waals surface area contributed by atoms with Crippen LogP contribution in [0.15, 0.2) is 11.2 Å². The number of hydrogen-bond donors (Lipinski definition) is 2. The molecule has 1 atom stereocenters. The summed E-state index contributed by atoms with van der Waals surface area (Å²) in [4.78, 5) is 13.1. The predicted molar refractivity (Wildman–Crippen MR) is 115 cm³/mol. The third kappa shape index (κ3) is 7.23. The maximum absolute atomic E-state index is 4.80. The lowest BCUT2D eigenvalue weighted by Crippen LogP contribution is -2.40. The second-order valence-corrected chi connectivity index (χ2v) is 7.39. The molecule has 138 valence electrons. The molecule has 24 heavy (non-hydrogen) atoms. The number of aromatic nitrogens is 1. The van der Waals surface area contributed by atoms with Crippen molar-refractivity contribution < 1.29 is 0 Å². The van der Waals surface area contributed by atoms with E-state index in [1.165, 1.54) is 42.2 Å². The molecule has 7 heteroatoms. The van der Waals surface area contributed by atoms with Crippen LogP contribution in [-0.2, 0) is 6.42 Å². The molecule has 0 amide bonds. The van der Waals surface area contributed by atoms with E-state index >= 15 is 0 Å². The lowest BCUT2D eigenvalue weighted by atomic mass is 10.2. The summed E-state index contributed by atoms with van der Waals surface area (Å²) in [7, 11) is 0. The highest BCUT2D eigenvalue weighted by atomic mass is 127. The first-order valence-electron chi connectivity index (χ1n) is 8.90. The van der Waals surface area contributed by atoms with Crippen LogP contribution < -0.4 is 10.6 Å². The molecule has 0 bridgehead atoms. The van der Waals surface area contributed by atoms with E-state index in [1.54, 1.807) is 11.3 Å². The van der Waals surface area contributed by atoms with Crippen LogP contribution in [0.5, 0.6) is 0 Å². The standard InChI is InChI=1S/C17H31N5S.HI/c1-4-15(22-10-6-7-11-22)13-21-17(18-5-2)19-9-8-16-20-12-14(3)23-16;/h12,15H,4-11,13H2,1-3H3,(H2,18,19,21);1H. The van der Waals surface area contributed by atoms with Crippen LogP contribution in [-0.4, -0.2) is 54.6 Å². The van der Waals surface area contributed by atoms with Crippen molar-refractivity contribution in [2.75, 3.05) is 32.7 Å². The molecule has 1 unspecified atom stereocenters. The van der Waals surface area contributed by atoms with Crippen LogP contribution in [0.2, 0.25) is 0 Å². The van der Waals surface area contributed by atoms with Crippen molar-refractivity contribution in [3.05, 3.63) is 16.1 Å². The van der Waals surface area contributed by atoms with Crippen molar-refractivity contribution in [2.24, 2.45) is 4.99 Å². The van der Waals surface area contributed by atoms with E-state index in [4.69, 9.17) is 4.99 Å². The Kier molecular flexibility index (Phi) is 10.8. The Labute approximate surface area is 167 Å². The molecule has 0 spiro atoms. The molecule has 0 aromatic carbocycles. The van der Waals surface area contributed by atoms with Gasteiger partial charge >= 0.3 is 0 Å². The summed E-state index contributed by atoms with van der Waals surface area (Å²) in [6.07, 6.45) is 6.74. The molecule has 0 radical (unpaired) electrons. The van der Waals surface area contributed by atoms with Gasteiger partial charge in [0.25, 0.3) is 0 Å². The van der Waals surface area contributed by atoms with Gasteiger partial charge < -0.3 is 10.6 Å². The average molecular weight is 465 g/mol. The lowest BCUT2D eigenvalue weighted by molar-refractivity contribution is 0.242. The molecule has 0 aliphatic carbocycles. The number of nitrogens with zero attached hydrogens (tertiary/aromatic N) is 3. The van der Waals surface area contributed by atoms with Crippen molar-refractivity contribution in [1.82, 2.24) is 20.5 Å². The number of thiazole rings is 1. The van der Waals surface area contributed by atoms with Gasteiger partial charge in [-0.25, -0.2) is 4.98 Å². The second kappa shape index (κ2) is 12.0. The number of rotatable bonds is 8. The summed E-state index contributed by atoms with van der Waals surface area (Å²) >= 11 is 1.77. The van der Waals surface area contributed by atoms with Crippen LogP contribution in [0.4, 0.5) is 0 Å². The number of halogens is 1. The fourth-order valence-electron chi connectivity index (χ4n) is 2.95. The van der Waals surface area contributed by atoms with Crippen molar-refractivity contribution in [3.63, 3.8) is 0 Å². The minimum absolute atomic E-state index is 0. The molecule has 1 aromatic rings. The highest BCUT2D eigenvalue weighted by molar-refractivity contribution is 14.0. The maximum atomic E-state index is 4.80. The number of aryl methyl sites for hydroxylation is 1. The lowest BCUT2D eigenvalue weighted by Gasteiger charge is -2.25. The van der Waals surface area contributed by atoms with Crippen LogP contribution in [0.1, 0.15) is 43.0 Å². The van der Waals surface area contributed by atoms with Gasteiger partial charge in [0.1, 0.15) is 0 Å². The Bertz CT molecular complexity index is 485. The SMILES string of the molecule is CCNC(=NCC(CC)N1CCCC1)NCCc1ncc(C)s1.I. The zero-order valence-electron chi connectivity index (χ0n) is 15.2. The Balaban J connectivity index is 0.00000288. The maximum Gasteiger partial charge on any atom is 0.191 e. The normalized spacial score (nSPS) is 16.7. The minimum Gasteiger partial charge on any atom is -0.357 e. The summed E-state index contributed by atoms with van der Waals surface area (Å²) in [6, 6.07) is 0.578. The monoisotopic (exact) mass is 465 g/mol. The van der Waals surface area contributed by atoms with Gasteiger partial charge in [-0.05, 0) is 46.2 Å². The average Bonchev–Trinajstić information content (AvgIpc) is 3.20. The highest BCUT2D eigenvalue weighted by Gasteiger charge is 2.20. The van der Waals surface area contributed by atoms with Crippen molar-refractivity contribution in [2.45, 2.75) is 52.5 Å². The van der Waals surface area contributed by atoms with E-state index in [-0.39, 0.29) is 24.0 Å². The first-order valence-corrected chi connectivity index (χ1v) is 9.72. The quantitative estimate of drug-likeness (QED) is 0.352. The van der Waals surface area contributed by atoms with Gasteiger partial charge in [-0.2, -0.15) is 0 Å². The van der Waals surface area contributed by atoms with Crippen LogP contribution in [0.25, 0.3) is 0 Å². The molecule has 1 aliphatic heterocycles. The molecule has 1 saturated heterocycles. The van der Waals surface area contributed by atoms with Crippen LogP contribution >= 0.6 is 35.3 Å². The first kappa shape index (κ1) is 21.6. The largest absolute Gasteiger partial charge is 0.357 e. The molecule has 0 saturated carbocycles. The fourth-order valence-corrected chi connectivity index (χ4v) is 3.74. The Morgan fingerprint density at radius 1 is 1.33 bits per heavy atom. The number of guanidine groups is 1. The van der Waals surface area contributed by atoms with E-state index in [9.17, 15) is 0 Å². The summed E-state index contributed by atoms with van der Waals surface area (Å²) in [6.45, 7) is 11.6. The molecule has 2 heterocycles. The van der Waals surface area contributed by atoms with E-state index < -0.39 is 0 Å². The third-order valence-corrected chi connectivity index (χ3v) is 5.21. The number of likely N-dealkylation sites (tertiary alicyclic amines) is 1. The zero-order valence-corrected chi connectivity index (χ0v) is 18.3. The molecule has 1 aliphatic rings. The predicted octanol–water partition coefficient (Wildman–Crippen LogP) is 3.04. The van der Waals surface area contributed by atoms with E-state index in [0.717, 1.165) is 32.0 Å². The van der Waals surface area contributed by atoms with Gasteiger partial charge in [0.2, 0.25) is 0 Å². The molecular formula is C17H32IN5S. The summed E-state index contributed by atoms with van der Waals surface area (Å²) in [5.74, 6) is 0.929. The van der Waals surface area contributed by atoms with Gasteiger partial charge in [0.15, 0.2) is 5.96 Å². The number of aliphatic imine (C=N–C) groups is 1. The highest BCUT2D eigenvalue weighted by Crippen LogP contribution is 2.14. The van der Waals surface area contributed by atoms with Gasteiger partial charge in [-0.1, -0.05) is 6.92 Å². The molecule has 1 fully saturated rings. The van der Waals surface area contributed by atoms with E-state index in [0.29, 0.717) is 6.04 Å². The zero-order chi connectivity index (χ0) is 16.5. The topological polar surface area (TPSA) is 52.6 Å². The Morgan fingerprint density at radius 2 is 2.08 bits per heavy atom. The second-order valence-electron chi connectivity index (χ2n) is 6.07. The van der Waals surface area contributed by atoms with Crippen molar-refractivity contribution in [1.29, 1.82) is 0 Å². The third-order valence-electron chi connectivity index (χ3n) is 4.23. The van der Waals surface area contributed by atoms with Crippen LogP contribution in [0, 0.1) is 6.92 Å². The molecule has 1 aromatic heterocycles. The number of hydrogen-bond acceptors (Lipinski definition) is 4. The van der Waals surface area contributed by atoms with Gasteiger partial charge in [0, 0.05) is 36.6 Å². The number of nitrogens with one attached hydrogen (secondary N) is 2. The molecule has 2 N–H and O–H groups in total. The summed E-state index contributed by atoms with van der Waals surface area (Å²) in [5, 5.41) is 7.97. The fraction of sp³-hybridized carbons (Fsp3) is 0.765. The van der Waals surface area contributed by atoms with Crippen molar-refractivity contribution >= 4 is 41.3 Å². The first-order chi connectivity index (χ1) is 11.2. The molecule has 5 nitrogen and oxygen atoms in total.